The standard InChI is InChI=1S/C23H37N2O3/c1-25(2,18-6-4-5-7-18)23(26)20-14-16(8-9-22(20)27-3)19-15-21(19)24-17-10-12-28-13-11-17/h8-9,16-19,21,24H,4-7,10-15H2,1-3H3/q+1. The van der Waals surface area contributed by atoms with Gasteiger partial charge in [0.2, 0.25) is 0 Å². The second kappa shape index (κ2) is 8.29. The van der Waals surface area contributed by atoms with E-state index in [9.17, 15) is 4.79 Å². The Hall–Kier alpha value is -1.17. The zero-order valence-corrected chi connectivity index (χ0v) is 17.8. The van der Waals surface area contributed by atoms with E-state index in [4.69, 9.17) is 9.47 Å². The highest BCUT2D eigenvalue weighted by Gasteiger charge is 2.47. The van der Waals surface area contributed by atoms with Crippen molar-refractivity contribution in [3.8, 4) is 0 Å². The molecule has 0 aromatic rings. The number of nitrogens with one attached hydrogen (secondary N) is 1. The minimum Gasteiger partial charge on any atom is -0.496 e. The number of hydrogen-bond acceptors (Lipinski definition) is 4. The van der Waals surface area contributed by atoms with Crippen LogP contribution in [0.15, 0.2) is 23.5 Å². The molecule has 0 aromatic carbocycles. The van der Waals surface area contributed by atoms with E-state index >= 15 is 0 Å². The maximum atomic E-state index is 13.5. The van der Waals surface area contributed by atoms with Crippen LogP contribution in [0.1, 0.15) is 51.4 Å². The Morgan fingerprint density at radius 2 is 1.89 bits per heavy atom. The molecular weight excluding hydrogens is 352 g/mol. The van der Waals surface area contributed by atoms with E-state index in [0.717, 1.165) is 56.7 Å². The summed E-state index contributed by atoms with van der Waals surface area (Å²) in [7, 11) is 5.88. The van der Waals surface area contributed by atoms with E-state index < -0.39 is 0 Å². The molecule has 1 heterocycles. The third kappa shape index (κ3) is 4.07. The summed E-state index contributed by atoms with van der Waals surface area (Å²) in [6.07, 6.45) is 13.4. The Kier molecular flexibility index (Phi) is 5.96. The highest BCUT2D eigenvalue weighted by molar-refractivity contribution is 5.89. The Bertz CT molecular complexity index is 642. The summed E-state index contributed by atoms with van der Waals surface area (Å²) in [5, 5.41) is 3.83. The maximum Gasteiger partial charge on any atom is 0.345 e. The first-order valence-electron chi connectivity index (χ1n) is 11.2. The van der Waals surface area contributed by atoms with Gasteiger partial charge in [0.15, 0.2) is 0 Å². The van der Waals surface area contributed by atoms with Crippen molar-refractivity contribution < 1.29 is 18.8 Å². The van der Waals surface area contributed by atoms with Crippen LogP contribution in [-0.2, 0) is 14.3 Å². The number of rotatable bonds is 6. The van der Waals surface area contributed by atoms with Crippen LogP contribution in [0.5, 0.6) is 0 Å². The molecule has 4 aliphatic rings. The number of methoxy groups -OCH3 is 1. The Balaban J connectivity index is 1.40. The average molecular weight is 390 g/mol. The number of quaternary nitrogens is 1. The SMILES string of the molecule is COC1=C(C(=O)[N+](C)(C)C2CCCC2)CC(C2CC2NC2CCOCC2)C=C1. The summed E-state index contributed by atoms with van der Waals surface area (Å²) in [5.74, 6) is 2.12. The third-order valence-electron chi connectivity index (χ3n) is 7.53. The van der Waals surface area contributed by atoms with Gasteiger partial charge in [-0.15, -0.1) is 0 Å². The molecule has 1 saturated heterocycles. The first-order valence-corrected chi connectivity index (χ1v) is 11.2. The molecule has 2 saturated carbocycles. The molecule has 156 valence electrons. The van der Waals surface area contributed by atoms with Gasteiger partial charge >= 0.3 is 5.91 Å². The van der Waals surface area contributed by atoms with Crippen molar-refractivity contribution in [3.05, 3.63) is 23.5 Å². The van der Waals surface area contributed by atoms with Crippen LogP contribution in [0.4, 0.5) is 0 Å². The summed E-state index contributed by atoms with van der Waals surface area (Å²) in [6.45, 7) is 1.76. The lowest BCUT2D eigenvalue weighted by Crippen LogP contribution is -2.53. The molecule has 5 nitrogen and oxygen atoms in total. The van der Waals surface area contributed by atoms with Crippen LogP contribution in [-0.4, -0.2) is 62.9 Å². The van der Waals surface area contributed by atoms with Crippen LogP contribution in [0.25, 0.3) is 0 Å². The summed E-state index contributed by atoms with van der Waals surface area (Å²) < 4.78 is 11.6. The fourth-order valence-corrected chi connectivity index (χ4v) is 5.50. The monoisotopic (exact) mass is 389 g/mol. The van der Waals surface area contributed by atoms with Gasteiger partial charge in [-0.05, 0) is 69.3 Å². The summed E-state index contributed by atoms with van der Waals surface area (Å²) in [6, 6.07) is 1.64. The van der Waals surface area contributed by atoms with E-state index in [-0.39, 0.29) is 5.91 Å². The maximum absolute atomic E-state index is 13.5. The van der Waals surface area contributed by atoms with Gasteiger partial charge in [0, 0.05) is 25.3 Å². The number of likely N-dealkylation sites (N-methyl/N-ethyl adjacent to an activating group) is 1. The Labute approximate surface area is 169 Å². The minimum atomic E-state index is 0.257. The molecule has 1 aliphatic heterocycles. The van der Waals surface area contributed by atoms with E-state index in [2.05, 4.69) is 31.6 Å². The topological polar surface area (TPSA) is 47.6 Å². The van der Waals surface area contributed by atoms with Crippen LogP contribution in [0.2, 0.25) is 0 Å². The van der Waals surface area contributed by atoms with Gasteiger partial charge in [-0.25, -0.2) is 4.79 Å². The molecule has 0 bridgehead atoms. The van der Waals surface area contributed by atoms with Gasteiger partial charge in [-0.3, -0.25) is 4.48 Å². The number of ether oxygens (including phenoxy) is 2. The van der Waals surface area contributed by atoms with Crippen LogP contribution < -0.4 is 5.32 Å². The second-order valence-corrected chi connectivity index (χ2v) is 9.62. The predicted molar refractivity (Wildman–Crippen MR) is 110 cm³/mol. The highest BCUT2D eigenvalue weighted by atomic mass is 16.5. The fraction of sp³-hybridized carbons (Fsp3) is 0.783. The van der Waals surface area contributed by atoms with Gasteiger partial charge < -0.3 is 14.8 Å². The zero-order chi connectivity index (χ0) is 19.7. The summed E-state index contributed by atoms with van der Waals surface area (Å²) >= 11 is 0. The normalized spacial score (nSPS) is 32.0. The van der Waals surface area contributed by atoms with Gasteiger partial charge in [-0.2, -0.15) is 0 Å². The minimum absolute atomic E-state index is 0.257. The summed E-state index contributed by atoms with van der Waals surface area (Å²) in [4.78, 5) is 13.5. The number of amides is 1. The molecule has 0 radical (unpaired) electrons. The molecule has 5 heteroatoms. The molecule has 0 spiro atoms. The van der Waals surface area contributed by atoms with E-state index in [0.29, 0.717) is 34.4 Å². The largest absolute Gasteiger partial charge is 0.496 e. The first kappa shape index (κ1) is 20.1. The van der Waals surface area contributed by atoms with E-state index in [1.165, 1.54) is 19.3 Å². The van der Waals surface area contributed by atoms with Crippen molar-refractivity contribution >= 4 is 5.91 Å². The molecule has 3 atom stereocenters. The lowest BCUT2D eigenvalue weighted by Gasteiger charge is -2.35. The quantitative estimate of drug-likeness (QED) is 0.709. The Morgan fingerprint density at radius 1 is 1.18 bits per heavy atom. The van der Waals surface area contributed by atoms with Crippen LogP contribution >= 0.6 is 0 Å². The smallest absolute Gasteiger partial charge is 0.345 e. The zero-order valence-electron chi connectivity index (χ0n) is 17.8. The molecule has 3 unspecified atom stereocenters. The fourth-order valence-electron chi connectivity index (χ4n) is 5.50. The molecule has 1 amide bonds. The number of allylic oxidation sites excluding steroid dienone is 2. The molecule has 0 aromatic heterocycles. The first-order chi connectivity index (χ1) is 13.5. The molecule has 3 fully saturated rings. The van der Waals surface area contributed by atoms with E-state index in [1.807, 2.05) is 0 Å². The van der Waals surface area contributed by atoms with Crippen molar-refractivity contribution in [2.75, 3.05) is 34.4 Å². The number of carbonyl (C=O) groups is 1. The number of hydrogen-bond donors (Lipinski definition) is 1. The van der Waals surface area contributed by atoms with Crippen molar-refractivity contribution in [1.29, 1.82) is 0 Å². The van der Waals surface area contributed by atoms with E-state index in [1.54, 1.807) is 7.11 Å². The van der Waals surface area contributed by atoms with Crippen molar-refractivity contribution in [2.45, 2.75) is 69.5 Å². The molecule has 4 rings (SSSR count). The molecule has 3 aliphatic carbocycles. The highest BCUT2D eigenvalue weighted by Crippen LogP contribution is 2.44. The van der Waals surface area contributed by atoms with Crippen molar-refractivity contribution in [1.82, 2.24) is 5.32 Å². The molecule has 28 heavy (non-hydrogen) atoms. The van der Waals surface area contributed by atoms with Crippen molar-refractivity contribution in [3.63, 3.8) is 0 Å². The van der Waals surface area contributed by atoms with Crippen LogP contribution in [0, 0.1) is 11.8 Å². The lowest BCUT2D eigenvalue weighted by atomic mass is 9.87. The van der Waals surface area contributed by atoms with Gasteiger partial charge in [-0.1, -0.05) is 6.08 Å². The van der Waals surface area contributed by atoms with Crippen LogP contribution in [0.3, 0.4) is 0 Å². The Morgan fingerprint density at radius 3 is 2.57 bits per heavy atom. The molecular formula is C23H37N2O3+. The third-order valence-corrected chi connectivity index (χ3v) is 7.53. The van der Waals surface area contributed by atoms with Gasteiger partial charge in [0.25, 0.3) is 0 Å². The van der Waals surface area contributed by atoms with Gasteiger partial charge in [0.05, 0.1) is 32.8 Å². The summed E-state index contributed by atoms with van der Waals surface area (Å²) in [5.41, 5.74) is 0.906. The number of nitrogens with zero attached hydrogens (tertiary/aromatic N) is 1. The lowest BCUT2D eigenvalue weighted by molar-refractivity contribution is -0.838. The predicted octanol–water partition coefficient (Wildman–Crippen LogP) is 3.17. The molecule has 1 N–H and O–H groups in total. The van der Waals surface area contributed by atoms with Crippen molar-refractivity contribution in [2.24, 2.45) is 11.8 Å². The van der Waals surface area contributed by atoms with Gasteiger partial charge in [0.1, 0.15) is 5.76 Å². The second-order valence-electron chi connectivity index (χ2n) is 9.62. The average Bonchev–Trinajstić information content (AvgIpc) is 3.24. The number of carbonyl (C=O) groups excluding carboxylic acids is 1.